The van der Waals surface area contributed by atoms with Gasteiger partial charge in [0.05, 0.1) is 16.9 Å². The van der Waals surface area contributed by atoms with Gasteiger partial charge in [-0.25, -0.2) is 13.4 Å². The van der Waals surface area contributed by atoms with Crippen molar-refractivity contribution in [3.8, 4) is 0 Å². The third kappa shape index (κ3) is 3.28. The van der Waals surface area contributed by atoms with Gasteiger partial charge in [0.15, 0.2) is 0 Å². The molecule has 0 saturated heterocycles. The monoisotopic (exact) mass is 317 g/mol. The van der Waals surface area contributed by atoms with Crippen molar-refractivity contribution in [1.29, 1.82) is 0 Å². The van der Waals surface area contributed by atoms with E-state index in [1.165, 1.54) is 36.5 Å². The van der Waals surface area contributed by atoms with Gasteiger partial charge >= 0.3 is 0 Å². The molecule has 5 nitrogen and oxygen atoms in total. The Bertz CT molecular complexity index is 702. The Labute approximate surface area is 120 Å². The molecule has 0 radical (unpaired) electrons. The maximum absolute atomic E-state index is 12.1. The molecule has 1 heterocycles. The second-order valence-corrected chi connectivity index (χ2v) is 6.15. The van der Waals surface area contributed by atoms with Crippen molar-refractivity contribution in [1.82, 2.24) is 4.98 Å². The average molecular weight is 318 g/mol. The number of nitrogens with one attached hydrogen (secondary N) is 1. The van der Waals surface area contributed by atoms with Gasteiger partial charge in [-0.15, -0.1) is 0 Å². The minimum Gasteiger partial charge on any atom is -0.397 e. The number of hydrogen-bond donors (Lipinski definition) is 2. The first-order valence-corrected chi connectivity index (χ1v) is 7.32. The lowest BCUT2D eigenvalue weighted by Crippen LogP contribution is -2.14. The van der Waals surface area contributed by atoms with Crippen LogP contribution >= 0.6 is 23.2 Å². The molecule has 3 N–H and O–H groups in total. The first-order chi connectivity index (χ1) is 8.88. The number of halogens is 2. The summed E-state index contributed by atoms with van der Waals surface area (Å²) >= 11 is 11.6. The van der Waals surface area contributed by atoms with Crippen LogP contribution in [0.2, 0.25) is 10.0 Å². The van der Waals surface area contributed by atoms with Crippen molar-refractivity contribution in [2.45, 2.75) is 4.90 Å². The highest BCUT2D eigenvalue weighted by molar-refractivity contribution is 7.92. The number of pyridine rings is 1. The first kappa shape index (κ1) is 13.9. The van der Waals surface area contributed by atoms with Crippen LogP contribution in [0, 0.1) is 0 Å². The van der Waals surface area contributed by atoms with Crippen LogP contribution in [0.15, 0.2) is 41.4 Å². The van der Waals surface area contributed by atoms with Gasteiger partial charge in [-0.05, 0) is 30.3 Å². The van der Waals surface area contributed by atoms with Crippen LogP contribution in [0.3, 0.4) is 0 Å². The van der Waals surface area contributed by atoms with E-state index < -0.39 is 10.0 Å². The molecule has 2 aromatic rings. The molecule has 0 bridgehead atoms. The van der Waals surface area contributed by atoms with Gasteiger partial charge in [-0.1, -0.05) is 23.2 Å². The molecule has 19 heavy (non-hydrogen) atoms. The number of hydrogen-bond acceptors (Lipinski definition) is 4. The molecule has 100 valence electrons. The van der Waals surface area contributed by atoms with E-state index in [4.69, 9.17) is 28.9 Å². The topological polar surface area (TPSA) is 85.1 Å². The van der Waals surface area contributed by atoms with Gasteiger partial charge in [0.25, 0.3) is 10.0 Å². The van der Waals surface area contributed by atoms with Crippen molar-refractivity contribution >= 4 is 44.7 Å². The van der Waals surface area contributed by atoms with Crippen molar-refractivity contribution < 1.29 is 8.42 Å². The van der Waals surface area contributed by atoms with Crippen LogP contribution in [0.25, 0.3) is 0 Å². The maximum Gasteiger partial charge on any atom is 0.264 e. The zero-order chi connectivity index (χ0) is 14.0. The smallest absolute Gasteiger partial charge is 0.264 e. The highest BCUT2D eigenvalue weighted by Gasteiger charge is 2.19. The largest absolute Gasteiger partial charge is 0.397 e. The van der Waals surface area contributed by atoms with E-state index >= 15 is 0 Å². The minimum absolute atomic E-state index is 0.0762. The van der Waals surface area contributed by atoms with Gasteiger partial charge in [0.2, 0.25) is 0 Å². The van der Waals surface area contributed by atoms with Gasteiger partial charge in [-0.2, -0.15) is 0 Å². The minimum atomic E-state index is -3.85. The van der Waals surface area contributed by atoms with Crippen LogP contribution in [-0.4, -0.2) is 13.4 Å². The molecule has 0 aliphatic rings. The number of sulfonamides is 1. The zero-order valence-corrected chi connectivity index (χ0v) is 11.8. The van der Waals surface area contributed by atoms with E-state index in [-0.39, 0.29) is 20.8 Å². The Morgan fingerprint density at radius 3 is 2.53 bits per heavy atom. The predicted octanol–water partition coefficient (Wildman–Crippen LogP) is 2.77. The highest BCUT2D eigenvalue weighted by atomic mass is 35.5. The molecule has 8 heteroatoms. The summed E-state index contributed by atoms with van der Waals surface area (Å²) in [6.07, 6.45) is 1.34. The molecular weight excluding hydrogens is 309 g/mol. The third-order valence-corrected chi connectivity index (χ3v) is 4.28. The second-order valence-electron chi connectivity index (χ2n) is 3.66. The van der Waals surface area contributed by atoms with Crippen molar-refractivity contribution in [2.24, 2.45) is 0 Å². The van der Waals surface area contributed by atoms with E-state index in [0.717, 1.165) is 0 Å². The quantitative estimate of drug-likeness (QED) is 0.911. The van der Waals surface area contributed by atoms with E-state index in [1.54, 1.807) is 0 Å². The Hall–Kier alpha value is -1.50. The van der Waals surface area contributed by atoms with Crippen molar-refractivity contribution in [2.75, 3.05) is 10.5 Å². The summed E-state index contributed by atoms with van der Waals surface area (Å²) in [4.78, 5) is 3.74. The Kier molecular flexibility index (Phi) is 3.84. The molecule has 1 aromatic heterocycles. The summed E-state index contributed by atoms with van der Waals surface area (Å²) in [6.45, 7) is 0. The fourth-order valence-electron chi connectivity index (χ4n) is 1.34. The van der Waals surface area contributed by atoms with Crippen LogP contribution in [-0.2, 0) is 10.0 Å². The summed E-state index contributed by atoms with van der Waals surface area (Å²) < 4.78 is 26.6. The summed E-state index contributed by atoms with van der Waals surface area (Å²) in [7, 11) is -3.85. The number of rotatable bonds is 3. The predicted molar refractivity (Wildman–Crippen MR) is 75.9 cm³/mol. The molecule has 0 fully saturated rings. The van der Waals surface area contributed by atoms with Gasteiger partial charge in [0, 0.05) is 5.02 Å². The third-order valence-electron chi connectivity index (χ3n) is 2.21. The van der Waals surface area contributed by atoms with Crippen LogP contribution in [0.4, 0.5) is 11.5 Å². The molecule has 0 unspecified atom stereocenters. The van der Waals surface area contributed by atoms with E-state index in [1.807, 2.05) is 0 Å². The molecule has 0 aliphatic heterocycles. The number of nitrogens with zero attached hydrogens (tertiary/aromatic N) is 1. The summed E-state index contributed by atoms with van der Waals surface area (Å²) in [6, 6.07) is 7.17. The normalized spacial score (nSPS) is 11.3. The molecule has 2 rings (SSSR count). The molecular formula is C11H9Cl2N3O2S. The molecule has 0 amide bonds. The lowest BCUT2D eigenvalue weighted by atomic mass is 10.4. The summed E-state index contributed by atoms with van der Waals surface area (Å²) in [5.74, 6) is 0.144. The van der Waals surface area contributed by atoms with Crippen molar-refractivity contribution in [3.63, 3.8) is 0 Å². The highest BCUT2D eigenvalue weighted by Crippen LogP contribution is 2.26. The number of anilines is 2. The lowest BCUT2D eigenvalue weighted by Gasteiger charge is -2.09. The Balaban J connectivity index is 2.37. The second kappa shape index (κ2) is 5.24. The first-order valence-electron chi connectivity index (χ1n) is 5.08. The number of benzene rings is 1. The lowest BCUT2D eigenvalue weighted by molar-refractivity contribution is 0.601. The Morgan fingerprint density at radius 1 is 1.16 bits per heavy atom. The summed E-state index contributed by atoms with van der Waals surface area (Å²) in [5, 5.41) is 0.349. The van der Waals surface area contributed by atoms with Gasteiger partial charge in [0.1, 0.15) is 10.7 Å². The number of nitrogen functional groups attached to an aromatic ring is 1. The molecule has 0 saturated carbocycles. The Morgan fingerprint density at radius 2 is 1.89 bits per heavy atom. The van der Waals surface area contributed by atoms with Crippen LogP contribution in [0.5, 0.6) is 0 Å². The molecule has 0 spiro atoms. The van der Waals surface area contributed by atoms with Crippen LogP contribution < -0.4 is 10.5 Å². The van der Waals surface area contributed by atoms with Crippen molar-refractivity contribution in [3.05, 3.63) is 46.6 Å². The average Bonchev–Trinajstić information content (AvgIpc) is 2.35. The number of nitrogens with two attached hydrogens (primary N) is 1. The number of aromatic nitrogens is 1. The SMILES string of the molecule is Nc1ccc(NS(=O)(=O)c2cc(Cl)ccc2Cl)nc1. The molecule has 0 atom stereocenters. The zero-order valence-electron chi connectivity index (χ0n) is 9.47. The maximum atomic E-state index is 12.1. The standard InChI is InChI=1S/C11H9Cl2N3O2S/c12-7-1-3-9(13)10(5-7)19(17,18)16-11-4-2-8(14)6-15-11/h1-6H,14H2,(H,15,16). The van der Waals surface area contributed by atoms with E-state index in [2.05, 4.69) is 9.71 Å². The van der Waals surface area contributed by atoms with Crippen LogP contribution in [0.1, 0.15) is 0 Å². The van der Waals surface area contributed by atoms with E-state index in [0.29, 0.717) is 5.69 Å². The molecule has 0 aliphatic carbocycles. The molecule has 1 aromatic carbocycles. The van der Waals surface area contributed by atoms with Gasteiger partial charge < -0.3 is 5.73 Å². The summed E-state index contributed by atoms with van der Waals surface area (Å²) in [5.41, 5.74) is 5.90. The fraction of sp³-hybridized carbons (Fsp3) is 0. The van der Waals surface area contributed by atoms with E-state index in [9.17, 15) is 8.42 Å². The fourth-order valence-corrected chi connectivity index (χ4v) is 3.11. The van der Waals surface area contributed by atoms with Gasteiger partial charge in [-0.3, -0.25) is 4.72 Å².